The molecule has 1 N–H and O–H groups in total. The molecule has 0 radical (unpaired) electrons. The number of anilines is 1. The van der Waals surface area contributed by atoms with Crippen molar-refractivity contribution in [3.05, 3.63) is 41.6 Å². The summed E-state index contributed by atoms with van der Waals surface area (Å²) in [6, 6.07) is 9.63. The zero-order chi connectivity index (χ0) is 19.7. The van der Waals surface area contributed by atoms with E-state index in [9.17, 15) is 4.79 Å². The standard InChI is InChI=1S/C21H31N3O2/c1-14-10-9-11-16(12-14)26-15(2)19(25)22-18-13-17(20(3,4)5)23-24(18)21(6,7)8/h9-13,15H,1-8H3,(H,22,25). The van der Waals surface area contributed by atoms with Crippen molar-refractivity contribution in [2.45, 2.75) is 72.4 Å². The van der Waals surface area contributed by atoms with Crippen LogP contribution >= 0.6 is 0 Å². The molecule has 0 aliphatic carbocycles. The highest BCUT2D eigenvalue weighted by molar-refractivity contribution is 5.93. The predicted octanol–water partition coefficient (Wildman–Crippen LogP) is 4.65. The van der Waals surface area contributed by atoms with Crippen molar-refractivity contribution >= 4 is 11.7 Å². The van der Waals surface area contributed by atoms with Gasteiger partial charge in [0.25, 0.3) is 5.91 Å². The Balaban J connectivity index is 2.21. The second-order valence-corrected chi connectivity index (χ2v) is 8.81. The molecular formula is C21H31N3O2. The minimum absolute atomic E-state index is 0.0976. The summed E-state index contributed by atoms with van der Waals surface area (Å²) in [7, 11) is 0. The van der Waals surface area contributed by atoms with Crippen LogP contribution in [0.15, 0.2) is 30.3 Å². The first-order valence-corrected chi connectivity index (χ1v) is 9.03. The van der Waals surface area contributed by atoms with Crippen LogP contribution in [0, 0.1) is 6.92 Å². The topological polar surface area (TPSA) is 56.1 Å². The van der Waals surface area contributed by atoms with Crippen LogP contribution in [0.3, 0.4) is 0 Å². The maximum absolute atomic E-state index is 12.7. The number of ether oxygens (including phenoxy) is 1. The van der Waals surface area contributed by atoms with Crippen molar-refractivity contribution in [3.63, 3.8) is 0 Å². The first-order valence-electron chi connectivity index (χ1n) is 9.03. The number of nitrogens with one attached hydrogen (secondary N) is 1. The Morgan fingerprint density at radius 2 is 1.81 bits per heavy atom. The van der Waals surface area contributed by atoms with Crippen LogP contribution in [0.4, 0.5) is 5.82 Å². The van der Waals surface area contributed by atoms with Crippen molar-refractivity contribution in [2.24, 2.45) is 0 Å². The summed E-state index contributed by atoms with van der Waals surface area (Å²) in [4.78, 5) is 12.7. The third-order valence-electron chi connectivity index (χ3n) is 4.04. The quantitative estimate of drug-likeness (QED) is 0.866. The van der Waals surface area contributed by atoms with Crippen molar-refractivity contribution in [1.82, 2.24) is 9.78 Å². The lowest BCUT2D eigenvalue weighted by atomic mass is 9.92. The van der Waals surface area contributed by atoms with Crippen LogP contribution in [0.25, 0.3) is 0 Å². The number of amides is 1. The SMILES string of the molecule is Cc1cccc(OC(C)C(=O)Nc2cc(C(C)(C)C)nn2C(C)(C)C)c1. The Bertz CT molecular complexity index is 779. The van der Waals surface area contributed by atoms with Gasteiger partial charge in [-0.15, -0.1) is 0 Å². The molecule has 26 heavy (non-hydrogen) atoms. The first kappa shape index (κ1) is 20.0. The van der Waals surface area contributed by atoms with Crippen LogP contribution in [-0.2, 0) is 15.7 Å². The number of carbonyl (C=O) groups excluding carboxylic acids is 1. The zero-order valence-electron chi connectivity index (χ0n) is 17.2. The lowest BCUT2D eigenvalue weighted by molar-refractivity contribution is -0.122. The minimum Gasteiger partial charge on any atom is -0.481 e. The molecule has 0 saturated carbocycles. The van der Waals surface area contributed by atoms with Gasteiger partial charge in [0.1, 0.15) is 11.6 Å². The van der Waals surface area contributed by atoms with E-state index in [0.717, 1.165) is 11.3 Å². The van der Waals surface area contributed by atoms with Crippen LogP contribution in [0.1, 0.15) is 59.7 Å². The van der Waals surface area contributed by atoms with Gasteiger partial charge in [-0.1, -0.05) is 32.9 Å². The number of rotatable bonds is 4. The molecule has 142 valence electrons. The van der Waals surface area contributed by atoms with Crippen LogP contribution in [0.5, 0.6) is 5.75 Å². The summed E-state index contributed by atoms with van der Waals surface area (Å²) in [6.45, 7) is 16.3. The molecule has 1 atom stereocenters. The summed E-state index contributed by atoms with van der Waals surface area (Å²) >= 11 is 0. The Kier molecular flexibility index (Phi) is 5.49. The molecule has 5 nitrogen and oxygen atoms in total. The number of hydrogen-bond donors (Lipinski definition) is 1. The fourth-order valence-electron chi connectivity index (χ4n) is 2.52. The van der Waals surface area contributed by atoms with Crippen molar-refractivity contribution in [2.75, 3.05) is 5.32 Å². The third kappa shape index (κ3) is 4.87. The molecule has 0 spiro atoms. The number of nitrogens with zero attached hydrogens (tertiary/aromatic N) is 2. The Morgan fingerprint density at radius 1 is 1.15 bits per heavy atom. The molecule has 0 saturated heterocycles. The molecule has 1 aromatic heterocycles. The lowest BCUT2D eigenvalue weighted by Crippen LogP contribution is -2.33. The van der Waals surface area contributed by atoms with E-state index in [1.807, 2.05) is 41.9 Å². The van der Waals surface area contributed by atoms with Crippen LogP contribution < -0.4 is 10.1 Å². The Morgan fingerprint density at radius 3 is 2.35 bits per heavy atom. The van der Waals surface area contributed by atoms with Crippen LogP contribution in [-0.4, -0.2) is 21.8 Å². The smallest absolute Gasteiger partial charge is 0.266 e. The Labute approximate surface area is 156 Å². The van der Waals surface area contributed by atoms with E-state index in [4.69, 9.17) is 9.84 Å². The first-order chi connectivity index (χ1) is 11.9. The summed E-state index contributed by atoms with van der Waals surface area (Å²) in [5.41, 5.74) is 1.69. The Hall–Kier alpha value is -2.30. The second-order valence-electron chi connectivity index (χ2n) is 8.81. The average molecular weight is 357 g/mol. The van der Waals surface area contributed by atoms with Gasteiger partial charge < -0.3 is 10.1 Å². The van der Waals surface area contributed by atoms with Gasteiger partial charge in [0.15, 0.2) is 6.10 Å². The highest BCUT2D eigenvalue weighted by atomic mass is 16.5. The number of hydrogen-bond acceptors (Lipinski definition) is 3. The van der Waals surface area contributed by atoms with Crippen molar-refractivity contribution < 1.29 is 9.53 Å². The van der Waals surface area contributed by atoms with E-state index in [2.05, 4.69) is 46.9 Å². The number of benzene rings is 1. The fourth-order valence-corrected chi connectivity index (χ4v) is 2.52. The molecule has 1 amide bonds. The van der Waals surface area contributed by atoms with Gasteiger partial charge in [0.05, 0.1) is 11.2 Å². The summed E-state index contributed by atoms with van der Waals surface area (Å²) in [5, 5.41) is 7.70. The molecule has 2 aromatic rings. The highest BCUT2D eigenvalue weighted by Crippen LogP contribution is 2.28. The van der Waals surface area contributed by atoms with Gasteiger partial charge in [-0.3, -0.25) is 4.79 Å². The van der Waals surface area contributed by atoms with Gasteiger partial charge in [-0.2, -0.15) is 5.10 Å². The molecule has 0 fully saturated rings. The molecule has 5 heteroatoms. The third-order valence-corrected chi connectivity index (χ3v) is 4.04. The lowest BCUT2D eigenvalue weighted by Gasteiger charge is -2.23. The highest BCUT2D eigenvalue weighted by Gasteiger charge is 2.27. The second kappa shape index (κ2) is 7.14. The van der Waals surface area contributed by atoms with Gasteiger partial charge in [-0.25, -0.2) is 4.68 Å². The zero-order valence-corrected chi connectivity index (χ0v) is 17.2. The molecule has 0 aliphatic rings. The van der Waals surface area contributed by atoms with E-state index >= 15 is 0 Å². The van der Waals surface area contributed by atoms with E-state index in [1.54, 1.807) is 6.92 Å². The minimum atomic E-state index is -0.613. The van der Waals surface area contributed by atoms with E-state index in [-0.39, 0.29) is 16.9 Å². The summed E-state index contributed by atoms with van der Waals surface area (Å²) in [5.74, 6) is 1.18. The van der Waals surface area contributed by atoms with Crippen LogP contribution in [0.2, 0.25) is 0 Å². The molecule has 2 rings (SSSR count). The number of aryl methyl sites for hydroxylation is 1. The van der Waals surface area contributed by atoms with Gasteiger partial charge in [0, 0.05) is 11.5 Å². The largest absolute Gasteiger partial charge is 0.481 e. The molecule has 1 heterocycles. The van der Waals surface area contributed by atoms with Crippen molar-refractivity contribution in [1.29, 1.82) is 0 Å². The monoisotopic (exact) mass is 357 g/mol. The van der Waals surface area contributed by atoms with Gasteiger partial charge in [-0.05, 0) is 52.3 Å². The molecular weight excluding hydrogens is 326 g/mol. The van der Waals surface area contributed by atoms with E-state index in [0.29, 0.717) is 11.6 Å². The molecule has 0 bridgehead atoms. The number of aromatic nitrogens is 2. The summed E-state index contributed by atoms with van der Waals surface area (Å²) < 4.78 is 7.65. The van der Waals surface area contributed by atoms with E-state index in [1.165, 1.54) is 0 Å². The maximum atomic E-state index is 12.7. The van der Waals surface area contributed by atoms with E-state index < -0.39 is 6.10 Å². The fraction of sp³-hybridized carbons (Fsp3) is 0.524. The number of carbonyl (C=O) groups is 1. The molecule has 1 unspecified atom stereocenters. The molecule has 1 aromatic carbocycles. The van der Waals surface area contributed by atoms with Gasteiger partial charge >= 0.3 is 0 Å². The van der Waals surface area contributed by atoms with Crippen molar-refractivity contribution in [3.8, 4) is 5.75 Å². The normalized spacial score (nSPS) is 13.4. The molecule has 0 aliphatic heterocycles. The predicted molar refractivity (Wildman–Crippen MR) is 106 cm³/mol. The maximum Gasteiger partial charge on any atom is 0.266 e. The summed E-state index contributed by atoms with van der Waals surface area (Å²) in [6.07, 6.45) is -0.613. The average Bonchev–Trinajstić information content (AvgIpc) is 2.91. The van der Waals surface area contributed by atoms with Gasteiger partial charge in [0.2, 0.25) is 0 Å².